The molecule has 0 radical (unpaired) electrons. The highest BCUT2D eigenvalue weighted by atomic mass is 14.4. The van der Waals surface area contributed by atoms with Gasteiger partial charge in [-0.3, -0.25) is 0 Å². The highest BCUT2D eigenvalue weighted by molar-refractivity contribution is 6.24. The zero-order chi connectivity index (χ0) is 75.6. The molecule has 0 aromatic heterocycles. The van der Waals surface area contributed by atoms with Crippen molar-refractivity contribution in [2.24, 2.45) is 0 Å². The summed E-state index contributed by atoms with van der Waals surface area (Å²) in [7, 11) is 0. The fraction of sp³-hybridized carbons (Fsp3) is 0.174. The van der Waals surface area contributed by atoms with E-state index in [2.05, 4.69) is 413 Å². The van der Waals surface area contributed by atoms with Gasteiger partial charge >= 0.3 is 0 Å². The summed E-state index contributed by atoms with van der Waals surface area (Å²) in [6.45, 7) is 34.0. The molecule has 0 spiro atoms. The zero-order valence-corrected chi connectivity index (χ0v) is 65.9. The van der Waals surface area contributed by atoms with Crippen LogP contribution in [0.4, 0.5) is 0 Å². The zero-order valence-electron chi connectivity index (χ0n) is 65.9. The third-order valence-electron chi connectivity index (χ3n) is 24.0. The van der Waals surface area contributed by atoms with Gasteiger partial charge < -0.3 is 0 Å². The van der Waals surface area contributed by atoms with Crippen molar-refractivity contribution in [3.63, 3.8) is 0 Å². The average Bonchev–Trinajstić information content (AvgIpc) is 1.70. The van der Waals surface area contributed by atoms with Gasteiger partial charge in [-0.05, 0) is 245 Å². The molecule has 2 aliphatic rings. The van der Waals surface area contributed by atoms with Crippen LogP contribution in [0.1, 0.15) is 130 Å². The summed E-state index contributed by atoms with van der Waals surface area (Å²) in [5.74, 6) is 0. The molecule has 0 unspecified atom stereocenters. The maximum atomic E-state index is 2.48. The van der Waals surface area contributed by atoms with Gasteiger partial charge in [-0.2, -0.15) is 0 Å². The maximum absolute atomic E-state index is 2.48. The summed E-state index contributed by atoms with van der Waals surface area (Å²) in [4.78, 5) is 0. The number of hydrogen-bond acceptors (Lipinski definition) is 0. The molecule has 0 nitrogen and oxygen atoms in total. The Kier molecular flexibility index (Phi) is 17.4. The summed E-state index contributed by atoms with van der Waals surface area (Å²) in [5.41, 5.74) is 36.1. The Labute approximate surface area is 645 Å². The van der Waals surface area contributed by atoms with Crippen LogP contribution in [0.3, 0.4) is 0 Å². The minimum Gasteiger partial charge on any atom is -0.0619 e. The van der Waals surface area contributed by atoms with Crippen LogP contribution in [0.15, 0.2) is 309 Å². The van der Waals surface area contributed by atoms with Crippen molar-refractivity contribution in [3.05, 3.63) is 371 Å². The molecule has 0 N–H and O–H groups in total. The fourth-order valence-electron chi connectivity index (χ4n) is 18.2. The van der Waals surface area contributed by atoms with E-state index in [-0.39, 0.29) is 21.7 Å². The van der Waals surface area contributed by atoms with Crippen molar-refractivity contribution < 1.29 is 0 Å². The Morgan fingerprint density at radius 1 is 0.183 bits per heavy atom. The molecule has 0 heteroatoms. The minimum atomic E-state index is -0.0435. The van der Waals surface area contributed by atoms with E-state index in [1.54, 1.807) is 0 Å². The molecule has 0 heterocycles. The van der Waals surface area contributed by atoms with Gasteiger partial charge in [0, 0.05) is 10.8 Å². The van der Waals surface area contributed by atoms with Crippen molar-refractivity contribution in [3.8, 4) is 89.0 Å². The number of aryl methyl sites for hydroxylation is 5. The lowest BCUT2D eigenvalue weighted by atomic mass is 9.79. The Morgan fingerprint density at radius 2 is 0.404 bits per heavy atom. The molecule has 2 aliphatic carbocycles. The van der Waals surface area contributed by atoms with Crippen molar-refractivity contribution in [2.45, 2.75) is 126 Å². The molecule has 19 rings (SSSR count). The van der Waals surface area contributed by atoms with Gasteiger partial charge in [0.15, 0.2) is 0 Å². The van der Waals surface area contributed by atoms with Gasteiger partial charge in [-0.1, -0.05) is 394 Å². The SMILES string of the molecule is Cc1ccc(-c2c3ccccc3c(-c3ccc(C)cc3)c3cc(C)ccc23)cc1.Cc1ccc2c(-c3ccc(C(C)(C)C)cc3)c3ccccc3c(-c3ccc(C(C)(C)C)cc3)c2c1.Cc1ccc2c(-c3ccc4c(c3)C(C)(C)c3ccccc3-4)c3ccccc3c(-c3ccc4c(c3)C(C)(C)c3ccccc3-4)c2c1. The van der Waals surface area contributed by atoms with E-state index in [1.165, 1.54) is 215 Å². The first-order chi connectivity index (χ1) is 52.4. The second-order valence-corrected chi connectivity index (χ2v) is 34.3. The quantitative estimate of drug-likeness (QED) is 0.146. The molecule has 17 aromatic rings. The highest BCUT2D eigenvalue weighted by Crippen LogP contribution is 2.55. The highest BCUT2D eigenvalue weighted by Gasteiger charge is 2.38. The molecule has 0 bridgehead atoms. The lowest BCUT2D eigenvalue weighted by Crippen LogP contribution is -2.15. The summed E-state index contributed by atoms with van der Waals surface area (Å²) in [6, 6.07) is 116. The van der Waals surface area contributed by atoms with Gasteiger partial charge in [0.25, 0.3) is 0 Å². The van der Waals surface area contributed by atoms with Crippen LogP contribution < -0.4 is 0 Å². The van der Waals surface area contributed by atoms with E-state index >= 15 is 0 Å². The van der Waals surface area contributed by atoms with Gasteiger partial charge in [-0.15, -0.1) is 0 Å². The predicted octanol–water partition coefficient (Wildman–Crippen LogP) is 30.7. The predicted molar refractivity (Wildman–Crippen MR) is 473 cm³/mol. The monoisotopic (exact) mass is 1400 g/mol. The van der Waals surface area contributed by atoms with Crippen molar-refractivity contribution in [1.29, 1.82) is 0 Å². The topological polar surface area (TPSA) is 0 Å². The Hall–Kier alpha value is -11.7. The second-order valence-electron chi connectivity index (χ2n) is 34.3. The molecule has 0 saturated heterocycles. The molecule has 0 atom stereocenters. The maximum Gasteiger partial charge on any atom is 0.0159 e. The van der Waals surface area contributed by atoms with Crippen molar-refractivity contribution >= 4 is 64.6 Å². The number of benzene rings is 17. The Balaban J connectivity index is 0.000000123. The van der Waals surface area contributed by atoms with Crippen LogP contribution >= 0.6 is 0 Å². The third-order valence-corrected chi connectivity index (χ3v) is 24.0. The third kappa shape index (κ3) is 12.3. The molecule has 109 heavy (non-hydrogen) atoms. The second kappa shape index (κ2) is 26.9. The van der Waals surface area contributed by atoms with Crippen LogP contribution in [0.2, 0.25) is 0 Å². The van der Waals surface area contributed by atoms with E-state index in [0.717, 1.165) is 0 Å². The van der Waals surface area contributed by atoms with E-state index in [4.69, 9.17) is 0 Å². The smallest absolute Gasteiger partial charge is 0.0159 e. The van der Waals surface area contributed by atoms with Crippen LogP contribution in [0.5, 0.6) is 0 Å². The van der Waals surface area contributed by atoms with E-state index in [9.17, 15) is 0 Å². The number of rotatable bonds is 6. The van der Waals surface area contributed by atoms with E-state index in [0.29, 0.717) is 0 Å². The lowest BCUT2D eigenvalue weighted by molar-refractivity contribution is 0.590. The molecule has 0 fully saturated rings. The molecule has 0 saturated carbocycles. The summed E-state index contributed by atoms with van der Waals surface area (Å²) in [6.07, 6.45) is 0. The Bertz CT molecular complexity index is 6470. The van der Waals surface area contributed by atoms with Crippen LogP contribution in [0, 0.1) is 34.6 Å². The minimum absolute atomic E-state index is 0.0428. The van der Waals surface area contributed by atoms with Crippen LogP contribution in [-0.4, -0.2) is 0 Å². The molecular formula is C109H96. The summed E-state index contributed by atoms with van der Waals surface area (Å²) in [5, 5.41) is 15.7. The first-order valence-corrected chi connectivity index (χ1v) is 39.1. The first-order valence-electron chi connectivity index (χ1n) is 39.1. The number of fused-ring (bicyclic) bond motifs is 12. The molecule has 532 valence electrons. The summed E-state index contributed by atoms with van der Waals surface area (Å²) < 4.78 is 0. The van der Waals surface area contributed by atoms with Crippen LogP contribution in [-0.2, 0) is 21.7 Å². The van der Waals surface area contributed by atoms with Gasteiger partial charge in [0.05, 0.1) is 0 Å². The largest absolute Gasteiger partial charge is 0.0619 e. The van der Waals surface area contributed by atoms with Gasteiger partial charge in [0.2, 0.25) is 0 Å². The normalized spacial score (nSPS) is 13.2. The van der Waals surface area contributed by atoms with E-state index < -0.39 is 0 Å². The first kappa shape index (κ1) is 70.3. The standard InChI is InChI=1S/C45H36.C35H36.C29H24/c1-27-18-21-36-37(24-27)43(29-20-23-33-31-13-9-11-17-39(31)45(4,5)41(33)26-29)35-15-7-6-14-34(35)42(36)28-19-22-32-30-12-8-10-16-38(30)44(2,3)40(32)25-28;1-23-12-21-30-31(22-23)33(25-15-19-27(20-16-25)35(5,6)7)29-11-9-8-10-28(29)32(30)24-13-17-26(18-14-24)34(2,3)4;1-19-8-13-22(14-9-19)28-24-6-4-5-7-25(24)29(23-15-10-20(2)11-16-23)27-18-21(3)12-17-26(27)28/h6-26H,1-5H3;8-22H,1-7H3;4-18H,1-3H3. The molecule has 0 aliphatic heterocycles. The van der Waals surface area contributed by atoms with Gasteiger partial charge in [-0.25, -0.2) is 0 Å². The van der Waals surface area contributed by atoms with Crippen molar-refractivity contribution in [2.75, 3.05) is 0 Å². The molecular weight excluding hydrogens is 1310 g/mol. The van der Waals surface area contributed by atoms with Crippen LogP contribution in [0.25, 0.3) is 154 Å². The van der Waals surface area contributed by atoms with Gasteiger partial charge in [0.1, 0.15) is 0 Å². The Morgan fingerprint density at radius 3 is 0.706 bits per heavy atom. The van der Waals surface area contributed by atoms with Crippen molar-refractivity contribution in [1.82, 2.24) is 0 Å². The fourth-order valence-corrected chi connectivity index (χ4v) is 18.2. The van der Waals surface area contributed by atoms with E-state index in [1.807, 2.05) is 0 Å². The molecule has 0 amide bonds. The summed E-state index contributed by atoms with van der Waals surface area (Å²) >= 11 is 0. The number of hydrogen-bond donors (Lipinski definition) is 0. The lowest BCUT2D eigenvalue weighted by Gasteiger charge is -2.24. The average molecular weight is 1410 g/mol. The molecule has 17 aromatic carbocycles.